The van der Waals surface area contributed by atoms with Crippen LogP contribution in [0.3, 0.4) is 0 Å². The van der Waals surface area contributed by atoms with Gasteiger partial charge in [-0.2, -0.15) is 0 Å². The van der Waals surface area contributed by atoms with Crippen molar-refractivity contribution in [3.05, 3.63) is 70.4 Å². The molecule has 3 rings (SSSR count). The molecule has 0 spiro atoms. The molecule has 0 radical (unpaired) electrons. The van der Waals surface area contributed by atoms with Crippen molar-refractivity contribution in [2.24, 2.45) is 0 Å². The average Bonchev–Trinajstić information content (AvgIpc) is 3.62. The Hall–Kier alpha value is -2.82. The highest BCUT2D eigenvalue weighted by Gasteiger charge is 2.22. The molecule has 3 aromatic rings. The van der Waals surface area contributed by atoms with Crippen LogP contribution in [0.25, 0.3) is 0 Å². The van der Waals surface area contributed by atoms with Crippen molar-refractivity contribution in [3.8, 4) is 11.5 Å². The Morgan fingerprint density at radius 3 is 2.54 bits per heavy atom. The Morgan fingerprint density at radius 2 is 1.83 bits per heavy atom. The molecule has 4 unspecified atom stereocenters. The zero-order chi connectivity index (χ0) is 29.8. The number of furan rings is 1. The lowest BCUT2D eigenvalue weighted by atomic mass is 9.91. The molecule has 0 amide bonds. The van der Waals surface area contributed by atoms with Gasteiger partial charge in [-0.1, -0.05) is 26.3 Å². The van der Waals surface area contributed by atoms with Crippen molar-refractivity contribution in [1.82, 2.24) is 10.3 Å². The molecule has 0 saturated carbocycles. The third kappa shape index (κ3) is 9.90. The molecule has 0 aliphatic heterocycles. The number of phenolic OH excluding ortho intramolecular Hbond substituents is 1. The number of aliphatic hydroxyl groups is 4. The molecule has 0 aliphatic carbocycles. The zero-order valence-corrected chi connectivity index (χ0v) is 24.6. The summed E-state index contributed by atoms with van der Waals surface area (Å²) in [4.78, 5) is 3.14. The third-order valence-corrected chi connectivity index (χ3v) is 7.52. The van der Waals surface area contributed by atoms with E-state index in [9.17, 15) is 25.5 Å². The van der Waals surface area contributed by atoms with E-state index in [-0.39, 0.29) is 37.5 Å². The highest BCUT2D eigenvalue weighted by Crippen LogP contribution is 2.30. The lowest BCUT2D eigenvalue weighted by Crippen LogP contribution is -2.38. The first kappa shape index (κ1) is 32.7. The first-order valence-corrected chi connectivity index (χ1v) is 14.8. The van der Waals surface area contributed by atoms with Gasteiger partial charge in [-0.15, -0.1) is 0 Å². The summed E-state index contributed by atoms with van der Waals surface area (Å²) in [5.41, 5.74) is 3.41. The second-order valence-corrected chi connectivity index (χ2v) is 11.0. The van der Waals surface area contributed by atoms with Crippen LogP contribution in [0.2, 0.25) is 0 Å². The number of hydrogen-bond acceptors (Lipinski definition) is 8. The number of nitrogens with one attached hydrogen (secondary N) is 2. The topological polar surface area (TPSA) is 151 Å². The van der Waals surface area contributed by atoms with Crippen molar-refractivity contribution in [3.63, 3.8) is 0 Å². The van der Waals surface area contributed by atoms with Crippen LogP contribution in [0.5, 0.6) is 11.5 Å². The smallest absolute Gasteiger partial charge is 0.161 e. The molecule has 2 aromatic heterocycles. The van der Waals surface area contributed by atoms with E-state index >= 15 is 0 Å². The van der Waals surface area contributed by atoms with Gasteiger partial charge in [0.15, 0.2) is 11.5 Å². The minimum Gasteiger partial charge on any atom is -0.504 e. The molecule has 7 N–H and O–H groups in total. The number of ether oxygens (including phenoxy) is 1. The Kier molecular flexibility index (Phi) is 13.2. The Balaban J connectivity index is 1.58. The number of aliphatic hydroxyl groups excluding tert-OH is 4. The minimum atomic E-state index is -0.929. The number of rotatable bonds is 19. The highest BCUT2D eigenvalue weighted by atomic mass is 16.5. The second kappa shape index (κ2) is 16.6. The van der Waals surface area contributed by atoms with Gasteiger partial charge >= 0.3 is 0 Å². The van der Waals surface area contributed by atoms with Gasteiger partial charge < -0.3 is 45.0 Å². The van der Waals surface area contributed by atoms with Crippen molar-refractivity contribution in [2.75, 3.05) is 19.8 Å². The van der Waals surface area contributed by atoms with Crippen LogP contribution in [0.4, 0.5) is 0 Å². The lowest BCUT2D eigenvalue weighted by Gasteiger charge is -2.25. The number of aromatic nitrogens is 1. The molecule has 9 nitrogen and oxygen atoms in total. The molecule has 0 saturated heterocycles. The van der Waals surface area contributed by atoms with Crippen LogP contribution in [-0.2, 0) is 25.9 Å². The fraction of sp³-hybridized carbons (Fsp3) is 0.562. The summed E-state index contributed by atoms with van der Waals surface area (Å²) in [6.45, 7) is 6.42. The van der Waals surface area contributed by atoms with E-state index in [1.54, 1.807) is 19.1 Å². The molecule has 2 heterocycles. The molecule has 1 aromatic carbocycles. The molecule has 0 bridgehead atoms. The van der Waals surface area contributed by atoms with Crippen molar-refractivity contribution in [1.29, 1.82) is 0 Å². The molecular weight excluding hydrogens is 524 g/mol. The normalized spacial score (nSPS) is 14.6. The molecule has 4 atom stereocenters. The maximum absolute atomic E-state index is 10.8. The third-order valence-electron chi connectivity index (χ3n) is 7.52. The Labute approximate surface area is 243 Å². The van der Waals surface area contributed by atoms with E-state index in [0.717, 1.165) is 53.9 Å². The molecule has 0 fully saturated rings. The number of benzene rings is 1. The number of aromatic amines is 1. The fourth-order valence-electron chi connectivity index (χ4n) is 4.97. The number of hydrogen-bond donors (Lipinski definition) is 7. The fourth-order valence-corrected chi connectivity index (χ4v) is 4.97. The molecule has 228 valence electrons. The van der Waals surface area contributed by atoms with Gasteiger partial charge in [0.25, 0.3) is 0 Å². The van der Waals surface area contributed by atoms with Crippen LogP contribution in [0.1, 0.15) is 92.4 Å². The van der Waals surface area contributed by atoms with Crippen molar-refractivity contribution in [2.45, 2.75) is 96.5 Å². The largest absolute Gasteiger partial charge is 0.504 e. The monoisotopic (exact) mass is 572 g/mol. The van der Waals surface area contributed by atoms with Crippen LogP contribution >= 0.6 is 0 Å². The van der Waals surface area contributed by atoms with Gasteiger partial charge in [0, 0.05) is 49.5 Å². The van der Waals surface area contributed by atoms with Gasteiger partial charge in [-0.05, 0) is 73.9 Å². The van der Waals surface area contributed by atoms with E-state index in [0.29, 0.717) is 37.3 Å². The van der Waals surface area contributed by atoms with Gasteiger partial charge in [0.1, 0.15) is 24.2 Å². The summed E-state index contributed by atoms with van der Waals surface area (Å²) >= 11 is 0. The van der Waals surface area contributed by atoms with E-state index < -0.39 is 12.2 Å². The molecular formula is C32H48N2O7. The summed E-state index contributed by atoms with van der Waals surface area (Å²) in [5.74, 6) is 2.06. The van der Waals surface area contributed by atoms with Crippen molar-refractivity contribution >= 4 is 0 Å². The second-order valence-electron chi connectivity index (χ2n) is 11.0. The lowest BCUT2D eigenvalue weighted by molar-refractivity contribution is 0.103. The maximum Gasteiger partial charge on any atom is 0.161 e. The molecule has 41 heavy (non-hydrogen) atoms. The SMILES string of the molecule is CCCCc1oc(CCc2ccc(O)c(OCC(O)c3cc(C(C)C(CCCO)NCC(C)O)c[nH]3)c2)cc1CO. The van der Waals surface area contributed by atoms with Gasteiger partial charge in [0.05, 0.1) is 12.7 Å². The highest BCUT2D eigenvalue weighted by molar-refractivity contribution is 5.42. The van der Waals surface area contributed by atoms with E-state index in [4.69, 9.17) is 9.15 Å². The first-order valence-electron chi connectivity index (χ1n) is 14.8. The zero-order valence-electron chi connectivity index (χ0n) is 24.6. The summed E-state index contributed by atoms with van der Waals surface area (Å²) < 4.78 is 11.8. The van der Waals surface area contributed by atoms with E-state index in [2.05, 4.69) is 24.1 Å². The Morgan fingerprint density at radius 1 is 1.02 bits per heavy atom. The summed E-state index contributed by atoms with van der Waals surface area (Å²) in [5, 5.41) is 53.1. The average molecular weight is 573 g/mol. The number of aromatic hydroxyl groups is 1. The summed E-state index contributed by atoms with van der Waals surface area (Å²) in [6.07, 6.45) is 6.09. The van der Waals surface area contributed by atoms with Crippen LogP contribution in [0.15, 0.2) is 40.9 Å². The summed E-state index contributed by atoms with van der Waals surface area (Å²) in [6, 6.07) is 9.09. The number of unbranched alkanes of at least 4 members (excludes halogenated alkanes) is 1. The quantitative estimate of drug-likeness (QED) is 0.113. The standard InChI is InChI=1S/C32H48N2O7/c1-4-5-8-31-25(19-36)15-26(41-31)11-9-23-10-12-29(38)32(14-23)40-20-30(39)28-16-24(18-34-28)22(3)27(7-6-13-35)33-17-21(2)37/h10,12,14-16,18,21-22,27,30,33-39H,4-9,11,13,17,19-20H2,1-3H3. The minimum absolute atomic E-state index is 0.0000698. The maximum atomic E-state index is 10.8. The Bertz CT molecular complexity index is 1170. The van der Waals surface area contributed by atoms with Crippen LogP contribution < -0.4 is 10.1 Å². The van der Waals surface area contributed by atoms with Crippen molar-refractivity contribution < 1.29 is 34.7 Å². The van der Waals surface area contributed by atoms with Crippen LogP contribution in [-0.4, -0.2) is 62.4 Å². The van der Waals surface area contributed by atoms with E-state index in [1.807, 2.05) is 24.4 Å². The van der Waals surface area contributed by atoms with Gasteiger partial charge in [-0.3, -0.25) is 0 Å². The molecule has 0 aliphatic rings. The van der Waals surface area contributed by atoms with Gasteiger partial charge in [0.2, 0.25) is 0 Å². The van der Waals surface area contributed by atoms with Crippen LogP contribution in [0, 0.1) is 0 Å². The number of H-pyrrole nitrogens is 1. The predicted molar refractivity (Wildman–Crippen MR) is 158 cm³/mol. The predicted octanol–water partition coefficient (Wildman–Crippen LogP) is 4.26. The van der Waals surface area contributed by atoms with Gasteiger partial charge in [-0.25, -0.2) is 0 Å². The number of aryl methyl sites for hydroxylation is 3. The van der Waals surface area contributed by atoms with E-state index in [1.165, 1.54) is 0 Å². The summed E-state index contributed by atoms with van der Waals surface area (Å²) in [7, 11) is 0. The molecule has 9 heteroatoms. The number of phenols is 1. The first-order chi connectivity index (χ1) is 19.7.